The van der Waals surface area contributed by atoms with Crippen LogP contribution >= 0.6 is 0 Å². The van der Waals surface area contributed by atoms with Crippen LogP contribution in [0.3, 0.4) is 0 Å². The summed E-state index contributed by atoms with van der Waals surface area (Å²) in [6.45, 7) is 6.42. The Morgan fingerprint density at radius 1 is 0.765 bits per heavy atom. The Morgan fingerprint density at radius 2 is 1.26 bits per heavy atom. The fourth-order valence-corrected chi connectivity index (χ4v) is 4.23. The SMILES string of the molecule is CC[C@H](C)NC(=O)[C@H](CC)N(Cc1ccccc1)C(=O)CC(c1ccccc1)c1ccccc1. The molecule has 0 spiro atoms. The molecule has 34 heavy (non-hydrogen) atoms. The van der Waals surface area contributed by atoms with Crippen LogP contribution in [0.2, 0.25) is 0 Å². The molecule has 0 heterocycles. The van der Waals surface area contributed by atoms with Crippen LogP contribution in [0.4, 0.5) is 0 Å². The van der Waals surface area contributed by atoms with Crippen molar-refractivity contribution in [2.45, 2.75) is 64.6 Å². The van der Waals surface area contributed by atoms with Crippen LogP contribution in [0, 0.1) is 0 Å². The van der Waals surface area contributed by atoms with Crippen LogP contribution in [-0.2, 0) is 16.1 Å². The molecule has 0 unspecified atom stereocenters. The number of hydrogen-bond acceptors (Lipinski definition) is 2. The molecule has 3 aromatic rings. The summed E-state index contributed by atoms with van der Waals surface area (Å²) in [4.78, 5) is 28.9. The maximum absolute atomic E-state index is 13.9. The lowest BCUT2D eigenvalue weighted by Crippen LogP contribution is -2.51. The first kappa shape index (κ1) is 25.2. The first-order chi connectivity index (χ1) is 16.5. The first-order valence-corrected chi connectivity index (χ1v) is 12.3. The van der Waals surface area contributed by atoms with E-state index in [0.717, 1.165) is 23.1 Å². The molecule has 2 atom stereocenters. The van der Waals surface area contributed by atoms with Crippen LogP contribution in [-0.4, -0.2) is 28.8 Å². The van der Waals surface area contributed by atoms with Gasteiger partial charge in [-0.25, -0.2) is 0 Å². The molecule has 3 rings (SSSR count). The summed E-state index contributed by atoms with van der Waals surface area (Å²) in [6, 6.07) is 29.7. The number of nitrogens with one attached hydrogen (secondary N) is 1. The topological polar surface area (TPSA) is 49.4 Å². The highest BCUT2D eigenvalue weighted by Crippen LogP contribution is 2.29. The average molecular weight is 457 g/mol. The van der Waals surface area contributed by atoms with Crippen molar-refractivity contribution < 1.29 is 9.59 Å². The van der Waals surface area contributed by atoms with Gasteiger partial charge < -0.3 is 10.2 Å². The number of carbonyl (C=O) groups excluding carboxylic acids is 2. The highest BCUT2D eigenvalue weighted by atomic mass is 16.2. The summed E-state index contributed by atoms with van der Waals surface area (Å²) >= 11 is 0. The summed E-state index contributed by atoms with van der Waals surface area (Å²) in [7, 11) is 0. The molecule has 1 N–H and O–H groups in total. The van der Waals surface area contributed by atoms with Crippen molar-refractivity contribution >= 4 is 11.8 Å². The predicted octanol–water partition coefficient (Wildman–Crippen LogP) is 5.93. The van der Waals surface area contributed by atoms with Gasteiger partial charge in [0.2, 0.25) is 11.8 Å². The Kier molecular flexibility index (Phi) is 9.45. The minimum absolute atomic E-state index is 0.0206. The highest BCUT2D eigenvalue weighted by molar-refractivity contribution is 5.88. The Labute approximate surface area is 204 Å². The lowest BCUT2D eigenvalue weighted by atomic mass is 9.88. The molecule has 4 nitrogen and oxygen atoms in total. The van der Waals surface area contributed by atoms with Crippen molar-refractivity contribution in [2.24, 2.45) is 0 Å². The van der Waals surface area contributed by atoms with Crippen molar-refractivity contribution in [1.82, 2.24) is 10.2 Å². The second-order valence-electron chi connectivity index (χ2n) is 8.83. The highest BCUT2D eigenvalue weighted by Gasteiger charge is 2.31. The zero-order valence-electron chi connectivity index (χ0n) is 20.5. The summed E-state index contributed by atoms with van der Waals surface area (Å²) in [6.07, 6.45) is 1.70. The minimum atomic E-state index is -0.520. The molecule has 4 heteroatoms. The van der Waals surface area contributed by atoms with E-state index in [1.165, 1.54) is 0 Å². The largest absolute Gasteiger partial charge is 0.352 e. The second-order valence-corrected chi connectivity index (χ2v) is 8.83. The summed E-state index contributed by atoms with van der Waals surface area (Å²) in [5.41, 5.74) is 3.21. The van der Waals surface area contributed by atoms with E-state index >= 15 is 0 Å². The maximum atomic E-state index is 13.9. The molecule has 0 aliphatic rings. The van der Waals surface area contributed by atoms with Crippen LogP contribution in [0.1, 0.15) is 62.6 Å². The Bertz CT molecular complexity index is 982. The van der Waals surface area contributed by atoms with E-state index < -0.39 is 6.04 Å². The predicted molar refractivity (Wildman–Crippen MR) is 138 cm³/mol. The molecule has 0 saturated carbocycles. The summed E-state index contributed by atoms with van der Waals surface area (Å²) < 4.78 is 0. The number of nitrogens with zero attached hydrogens (tertiary/aromatic N) is 1. The molecule has 0 aromatic heterocycles. The van der Waals surface area contributed by atoms with Gasteiger partial charge in [0.25, 0.3) is 0 Å². The van der Waals surface area contributed by atoms with Gasteiger partial charge in [0.1, 0.15) is 6.04 Å². The quantitative estimate of drug-likeness (QED) is 0.389. The number of carbonyl (C=O) groups is 2. The third-order valence-electron chi connectivity index (χ3n) is 6.37. The van der Waals surface area contributed by atoms with Crippen molar-refractivity contribution in [3.63, 3.8) is 0 Å². The fraction of sp³-hybridized carbons (Fsp3) is 0.333. The molecular weight excluding hydrogens is 420 g/mol. The second kappa shape index (κ2) is 12.7. The van der Waals surface area contributed by atoms with Gasteiger partial charge in [0, 0.05) is 24.9 Å². The summed E-state index contributed by atoms with van der Waals surface area (Å²) in [5.74, 6) is -0.187. The number of hydrogen-bond donors (Lipinski definition) is 1. The Morgan fingerprint density at radius 3 is 1.74 bits per heavy atom. The summed E-state index contributed by atoms with van der Waals surface area (Å²) in [5, 5.41) is 3.09. The van der Waals surface area contributed by atoms with Gasteiger partial charge in [-0.15, -0.1) is 0 Å². The maximum Gasteiger partial charge on any atom is 0.243 e. The van der Waals surface area contributed by atoms with Gasteiger partial charge in [0.15, 0.2) is 0 Å². The van der Waals surface area contributed by atoms with Gasteiger partial charge >= 0.3 is 0 Å². The van der Waals surface area contributed by atoms with Gasteiger partial charge in [-0.3, -0.25) is 9.59 Å². The van der Waals surface area contributed by atoms with E-state index in [1.807, 2.05) is 87.5 Å². The van der Waals surface area contributed by atoms with Gasteiger partial charge in [-0.1, -0.05) is 105 Å². The molecule has 0 saturated heterocycles. The zero-order chi connectivity index (χ0) is 24.3. The van der Waals surface area contributed by atoms with Crippen molar-refractivity contribution in [3.05, 3.63) is 108 Å². The molecule has 0 aliphatic carbocycles. The van der Waals surface area contributed by atoms with E-state index in [-0.39, 0.29) is 23.8 Å². The number of amides is 2. The molecule has 2 amide bonds. The Hall–Kier alpha value is -3.40. The van der Waals surface area contributed by atoms with E-state index in [4.69, 9.17) is 0 Å². The van der Waals surface area contributed by atoms with Gasteiger partial charge in [-0.2, -0.15) is 0 Å². The van der Waals surface area contributed by atoms with Crippen LogP contribution in [0.25, 0.3) is 0 Å². The van der Waals surface area contributed by atoms with E-state index in [1.54, 1.807) is 4.90 Å². The van der Waals surface area contributed by atoms with E-state index in [9.17, 15) is 9.59 Å². The standard InChI is InChI=1S/C30H36N2O2/c1-4-23(3)31-30(34)28(5-2)32(22-24-15-9-6-10-16-24)29(33)21-27(25-17-11-7-12-18-25)26-19-13-8-14-20-26/h6-20,23,27-28H,4-5,21-22H2,1-3H3,(H,31,34)/t23-,28-/m0/s1. The van der Waals surface area contributed by atoms with Gasteiger partial charge in [0.05, 0.1) is 0 Å². The first-order valence-electron chi connectivity index (χ1n) is 12.3. The lowest BCUT2D eigenvalue weighted by molar-refractivity contribution is -0.141. The molecule has 0 radical (unpaired) electrons. The van der Waals surface area contributed by atoms with E-state index in [2.05, 4.69) is 29.6 Å². The van der Waals surface area contributed by atoms with Crippen molar-refractivity contribution in [3.8, 4) is 0 Å². The third-order valence-corrected chi connectivity index (χ3v) is 6.37. The molecule has 0 aliphatic heterocycles. The zero-order valence-corrected chi connectivity index (χ0v) is 20.5. The lowest BCUT2D eigenvalue weighted by Gasteiger charge is -2.33. The molecular formula is C30H36N2O2. The van der Waals surface area contributed by atoms with Crippen LogP contribution in [0.15, 0.2) is 91.0 Å². The molecule has 178 valence electrons. The third kappa shape index (κ3) is 6.80. The van der Waals surface area contributed by atoms with E-state index in [0.29, 0.717) is 19.4 Å². The monoisotopic (exact) mass is 456 g/mol. The van der Waals surface area contributed by atoms with Crippen LogP contribution < -0.4 is 5.32 Å². The molecule has 0 bridgehead atoms. The fourth-order valence-electron chi connectivity index (χ4n) is 4.23. The molecule has 0 fully saturated rings. The smallest absolute Gasteiger partial charge is 0.243 e. The van der Waals surface area contributed by atoms with Gasteiger partial charge in [-0.05, 0) is 36.5 Å². The average Bonchev–Trinajstić information content (AvgIpc) is 2.88. The van der Waals surface area contributed by atoms with Crippen molar-refractivity contribution in [1.29, 1.82) is 0 Å². The number of benzene rings is 3. The number of rotatable bonds is 11. The molecule has 3 aromatic carbocycles. The normalized spacial score (nSPS) is 12.7. The minimum Gasteiger partial charge on any atom is -0.352 e. The Balaban J connectivity index is 1.93. The van der Waals surface area contributed by atoms with Crippen LogP contribution in [0.5, 0.6) is 0 Å². The van der Waals surface area contributed by atoms with Crippen molar-refractivity contribution in [2.75, 3.05) is 0 Å².